The number of carbonyl (C=O) groups excluding carboxylic acids is 1. The minimum Gasteiger partial charge on any atom is -0.405 e. The van der Waals surface area contributed by atoms with Crippen molar-refractivity contribution in [1.29, 1.82) is 0 Å². The fourth-order valence-electron chi connectivity index (χ4n) is 6.84. The van der Waals surface area contributed by atoms with Crippen LogP contribution < -0.4 is 37.6 Å². The molecule has 0 radical (unpaired) electrons. The summed E-state index contributed by atoms with van der Waals surface area (Å²) in [5, 5.41) is 12.9. The van der Waals surface area contributed by atoms with E-state index in [0.29, 0.717) is 23.7 Å². The molecule has 0 spiro atoms. The number of aromatic amines is 1. The Balaban J connectivity index is 1.21. The van der Waals surface area contributed by atoms with E-state index >= 15 is 0 Å². The number of aryl methyl sites for hydroxylation is 1. The number of anilines is 1. The van der Waals surface area contributed by atoms with Gasteiger partial charge in [0.05, 0.1) is 18.2 Å². The number of halogens is 1. The molecule has 4 N–H and O–H groups in total. The van der Waals surface area contributed by atoms with Crippen LogP contribution in [0.25, 0.3) is 10.9 Å². The molecule has 266 valence electrons. The Kier molecular flexibility index (Phi) is 10.8. The summed E-state index contributed by atoms with van der Waals surface area (Å²) in [5.41, 5.74) is 1.01. The van der Waals surface area contributed by atoms with Crippen molar-refractivity contribution < 1.29 is 14.0 Å². The lowest BCUT2D eigenvalue weighted by Crippen LogP contribution is -2.67. The fraction of sp³-hybridized carbons (Fsp3) is 0.316. The van der Waals surface area contributed by atoms with Crippen LogP contribution in [0.2, 0.25) is 10.1 Å². The van der Waals surface area contributed by atoms with E-state index in [2.05, 4.69) is 71.0 Å². The van der Waals surface area contributed by atoms with E-state index in [9.17, 15) is 14.4 Å². The first-order chi connectivity index (χ1) is 24.5. The number of rotatable bonds is 11. The molecule has 13 heteroatoms. The summed E-state index contributed by atoms with van der Waals surface area (Å²) in [6, 6.07) is 27.1. The van der Waals surface area contributed by atoms with E-state index in [1.165, 1.54) is 10.8 Å². The lowest BCUT2D eigenvalue weighted by Gasteiger charge is -2.43. The first-order valence-electron chi connectivity index (χ1n) is 17.0. The van der Waals surface area contributed by atoms with Crippen molar-refractivity contribution in [3.8, 4) is 0 Å². The molecule has 3 atom stereocenters. The molecule has 0 aliphatic carbocycles. The van der Waals surface area contributed by atoms with Crippen molar-refractivity contribution in [2.75, 3.05) is 25.0 Å². The van der Waals surface area contributed by atoms with Crippen LogP contribution in [0.4, 0.5) is 10.5 Å². The molecule has 6 rings (SSSR count). The highest BCUT2D eigenvalue weighted by atomic mass is 35.5. The van der Waals surface area contributed by atoms with E-state index in [1.54, 1.807) is 19.2 Å². The van der Waals surface area contributed by atoms with Gasteiger partial charge in [0.25, 0.3) is 13.9 Å². The number of pyridine rings is 1. The van der Waals surface area contributed by atoms with Gasteiger partial charge in [-0.2, -0.15) is 0 Å². The number of fused-ring (bicyclic) bond motifs is 1. The molecule has 0 unspecified atom stereocenters. The second-order valence-corrected chi connectivity index (χ2v) is 18.5. The summed E-state index contributed by atoms with van der Waals surface area (Å²) in [5.74, 6) is 0. The van der Waals surface area contributed by atoms with Crippen LogP contribution in [0.1, 0.15) is 39.0 Å². The Morgan fingerprint density at radius 2 is 1.71 bits per heavy atom. The third-order valence-electron chi connectivity index (χ3n) is 9.32. The van der Waals surface area contributed by atoms with Crippen molar-refractivity contribution in [2.45, 2.75) is 57.5 Å². The molecule has 2 amide bonds. The number of aromatic nitrogens is 3. The zero-order chi connectivity index (χ0) is 36.2. The SMILES string of the molecule is Cc1cn([C@H]2C[C@H](NC(=O)NCCNc3ccnc4cc(Cl)ccc34)[C@@H](CO[Si](c3ccccc3)(c3ccccc3)C(C)(C)C)O2)c(=O)[nH]c1=O. The predicted octanol–water partition coefficient (Wildman–Crippen LogP) is 4.69. The van der Waals surface area contributed by atoms with E-state index < -0.39 is 37.9 Å². The van der Waals surface area contributed by atoms with Gasteiger partial charge in [-0.25, -0.2) is 9.59 Å². The van der Waals surface area contributed by atoms with E-state index in [4.69, 9.17) is 20.8 Å². The van der Waals surface area contributed by atoms with Gasteiger partial charge in [-0.15, -0.1) is 0 Å². The minimum absolute atomic E-state index is 0.159. The molecule has 2 aromatic heterocycles. The maximum atomic E-state index is 13.3. The number of benzene rings is 3. The van der Waals surface area contributed by atoms with Crippen molar-refractivity contribution in [3.05, 3.63) is 129 Å². The van der Waals surface area contributed by atoms with Crippen LogP contribution in [-0.2, 0) is 9.16 Å². The first-order valence-corrected chi connectivity index (χ1v) is 19.3. The van der Waals surface area contributed by atoms with Gasteiger partial charge in [0.1, 0.15) is 12.3 Å². The Morgan fingerprint density at radius 1 is 1.02 bits per heavy atom. The zero-order valence-corrected chi connectivity index (χ0v) is 30.9. The predicted molar refractivity (Wildman–Crippen MR) is 204 cm³/mol. The quantitative estimate of drug-likeness (QED) is 0.114. The van der Waals surface area contributed by atoms with Crippen LogP contribution in [0.5, 0.6) is 0 Å². The number of carbonyl (C=O) groups is 1. The summed E-state index contributed by atoms with van der Waals surface area (Å²) in [7, 11) is -2.94. The summed E-state index contributed by atoms with van der Waals surface area (Å²) < 4.78 is 15.1. The molecule has 1 aliphatic heterocycles. The topological polar surface area (TPSA) is 139 Å². The molecule has 1 fully saturated rings. The van der Waals surface area contributed by atoms with Crippen LogP contribution >= 0.6 is 11.6 Å². The second kappa shape index (κ2) is 15.2. The molecule has 0 saturated carbocycles. The lowest BCUT2D eigenvalue weighted by atomic mass is 10.1. The number of ether oxygens (including phenoxy) is 1. The molecule has 3 aromatic carbocycles. The summed E-state index contributed by atoms with van der Waals surface area (Å²) in [6.07, 6.45) is 2.16. The molecule has 5 aromatic rings. The normalized spacial score (nSPS) is 17.7. The number of nitrogens with one attached hydrogen (secondary N) is 4. The largest absolute Gasteiger partial charge is 0.405 e. The molecule has 51 heavy (non-hydrogen) atoms. The van der Waals surface area contributed by atoms with Gasteiger partial charge in [-0.3, -0.25) is 19.3 Å². The van der Waals surface area contributed by atoms with Gasteiger partial charge >= 0.3 is 11.7 Å². The molecule has 3 heterocycles. The average molecular weight is 727 g/mol. The monoisotopic (exact) mass is 726 g/mol. The molecular weight excluding hydrogens is 684 g/mol. The van der Waals surface area contributed by atoms with Crippen LogP contribution in [0.3, 0.4) is 0 Å². The Labute approximate surface area is 302 Å². The fourth-order valence-corrected chi connectivity index (χ4v) is 11.6. The summed E-state index contributed by atoms with van der Waals surface area (Å²) in [4.78, 5) is 45.1. The Hall–Kier alpha value is -4.75. The molecular formula is C38H43ClN6O5Si. The molecule has 11 nitrogen and oxygen atoms in total. The van der Waals surface area contributed by atoms with Crippen LogP contribution in [-0.4, -0.2) is 60.7 Å². The van der Waals surface area contributed by atoms with E-state index in [0.717, 1.165) is 27.0 Å². The number of hydrogen-bond donors (Lipinski definition) is 4. The van der Waals surface area contributed by atoms with Crippen molar-refractivity contribution in [3.63, 3.8) is 0 Å². The standard InChI is InChI=1S/C38H43ClN6O5Si/c1-25-23-45(37(48)44-35(25)46)34-22-32(43-36(47)42-20-19-41-30-17-18-40-31-21-26(39)15-16-29(30)31)33(50-34)24-49-51(38(2,3)4,27-11-7-5-8-12-27)28-13-9-6-10-14-28/h5-18,21,23,32-34H,19-20,22,24H2,1-4H3,(H,40,41)(H2,42,43,47)(H,44,46,48)/t32-,33+,34+/m0/s1. The van der Waals surface area contributed by atoms with Crippen molar-refractivity contribution in [1.82, 2.24) is 25.2 Å². The number of nitrogens with zero attached hydrogens (tertiary/aromatic N) is 2. The molecule has 1 aliphatic rings. The number of hydrogen-bond acceptors (Lipinski definition) is 7. The molecule has 0 bridgehead atoms. The van der Waals surface area contributed by atoms with Gasteiger partial charge in [0.15, 0.2) is 0 Å². The summed E-state index contributed by atoms with van der Waals surface area (Å²) >= 11 is 6.13. The van der Waals surface area contributed by atoms with Gasteiger partial charge in [0.2, 0.25) is 0 Å². The highest BCUT2D eigenvalue weighted by molar-refractivity contribution is 6.99. The van der Waals surface area contributed by atoms with Crippen molar-refractivity contribution in [2.24, 2.45) is 0 Å². The van der Waals surface area contributed by atoms with Crippen molar-refractivity contribution >= 4 is 52.9 Å². The zero-order valence-electron chi connectivity index (χ0n) is 29.1. The number of H-pyrrole nitrogens is 1. The first kappa shape index (κ1) is 36.1. The van der Waals surface area contributed by atoms with Crippen LogP contribution in [0, 0.1) is 6.92 Å². The second-order valence-electron chi connectivity index (χ2n) is 13.8. The summed E-state index contributed by atoms with van der Waals surface area (Å²) in [6.45, 7) is 9.18. The van der Waals surface area contributed by atoms with E-state index in [-0.39, 0.29) is 24.1 Å². The van der Waals surface area contributed by atoms with Gasteiger partial charge in [0, 0.05) is 53.6 Å². The van der Waals surface area contributed by atoms with E-state index in [1.807, 2.05) is 54.6 Å². The lowest BCUT2D eigenvalue weighted by molar-refractivity contribution is -0.0253. The van der Waals surface area contributed by atoms with Crippen LogP contribution in [0.15, 0.2) is 107 Å². The maximum absolute atomic E-state index is 13.3. The smallest absolute Gasteiger partial charge is 0.330 e. The highest BCUT2D eigenvalue weighted by Crippen LogP contribution is 2.38. The third-order valence-corrected chi connectivity index (χ3v) is 14.6. The maximum Gasteiger partial charge on any atom is 0.330 e. The van der Waals surface area contributed by atoms with Gasteiger partial charge in [-0.05, 0) is 46.6 Å². The minimum atomic E-state index is -2.94. The Morgan fingerprint density at radius 3 is 2.37 bits per heavy atom. The number of urea groups is 1. The molecule has 1 saturated heterocycles. The highest BCUT2D eigenvalue weighted by Gasteiger charge is 2.51. The van der Waals surface area contributed by atoms with Gasteiger partial charge in [-0.1, -0.05) is 93.0 Å². The van der Waals surface area contributed by atoms with Gasteiger partial charge < -0.3 is 25.1 Å². The Bertz CT molecular complexity index is 2060. The average Bonchev–Trinajstić information content (AvgIpc) is 3.50. The third kappa shape index (κ3) is 7.79. The number of amides is 2.